The Bertz CT molecular complexity index is 1340. The van der Waals surface area contributed by atoms with E-state index in [0.717, 1.165) is 40.1 Å². The molecule has 0 aliphatic heterocycles. The zero-order valence-corrected chi connectivity index (χ0v) is 20.3. The average molecular weight is 577 g/mol. The van der Waals surface area contributed by atoms with Crippen LogP contribution in [-0.2, 0) is 20.0 Å². The van der Waals surface area contributed by atoms with E-state index >= 15 is 0 Å². The van der Waals surface area contributed by atoms with Crippen molar-refractivity contribution in [2.24, 2.45) is 4.40 Å². The summed E-state index contributed by atoms with van der Waals surface area (Å²) in [7, 11) is -11.5. The minimum absolute atomic E-state index is 0.363. The second kappa shape index (κ2) is 11.7. The van der Waals surface area contributed by atoms with E-state index in [-0.39, 0.29) is 5.56 Å². The molecule has 0 unspecified atom stereocenters. The lowest BCUT2D eigenvalue weighted by Crippen LogP contribution is -2.40. The van der Waals surface area contributed by atoms with Crippen molar-refractivity contribution < 1.29 is 58.2 Å². The largest absolute Gasteiger partial charge is 0.872 e. The first-order valence-electron chi connectivity index (χ1n) is 9.45. The molecule has 0 heterocycles. The van der Waals surface area contributed by atoms with Crippen molar-refractivity contribution in [1.82, 2.24) is 4.72 Å². The highest BCUT2D eigenvalue weighted by molar-refractivity contribution is 7.91. The summed E-state index contributed by atoms with van der Waals surface area (Å²) >= 11 is 0. The van der Waals surface area contributed by atoms with E-state index in [1.807, 2.05) is 0 Å². The molecule has 37 heavy (non-hydrogen) atoms. The Kier molecular flexibility index (Phi) is 9.94. The Hall–Kier alpha value is -3.54. The van der Waals surface area contributed by atoms with E-state index < -0.39 is 55.2 Å². The van der Waals surface area contributed by atoms with E-state index in [9.17, 15) is 58.2 Å². The molecule has 0 aromatic heterocycles. The van der Waals surface area contributed by atoms with Crippen LogP contribution in [-0.4, -0.2) is 46.2 Å². The van der Waals surface area contributed by atoms with Gasteiger partial charge in [-0.1, -0.05) is 42.5 Å². The van der Waals surface area contributed by atoms with E-state index in [1.165, 1.54) is 0 Å². The molecule has 0 radical (unpaired) electrons. The first kappa shape index (κ1) is 31.5. The Morgan fingerprint density at radius 2 is 1.38 bits per heavy atom. The molecule has 0 aliphatic carbocycles. The number of nitrogens with zero attached hydrogens (tertiary/aromatic N) is 1. The van der Waals surface area contributed by atoms with Crippen LogP contribution in [0.25, 0.3) is 0 Å². The molecule has 0 fully saturated rings. The number of nitrogens with one attached hydrogen (secondary N) is 2. The summed E-state index contributed by atoms with van der Waals surface area (Å²) < 4.78 is 117. The summed E-state index contributed by atoms with van der Waals surface area (Å²) in [5.74, 6) is -3.33. The summed E-state index contributed by atoms with van der Waals surface area (Å²) in [4.78, 5) is 11.1. The highest BCUT2D eigenvalue weighted by Crippen LogP contribution is 2.25. The molecule has 18 heteroatoms. The molecule has 2 N–H and O–H groups in total. The van der Waals surface area contributed by atoms with Gasteiger partial charge >= 0.3 is 31.1 Å². The maximum absolute atomic E-state index is 12.0. The Balaban J connectivity index is 0.000000375. The number of halogens is 6. The highest BCUT2D eigenvalue weighted by Gasteiger charge is 2.47. The summed E-state index contributed by atoms with van der Waals surface area (Å²) in [5, 5.41) is 24.4. The molecule has 0 aliphatic rings. The van der Waals surface area contributed by atoms with Crippen molar-refractivity contribution in [3.8, 4) is 5.75 Å². The minimum atomic E-state index is -5.79. The van der Waals surface area contributed by atoms with Crippen molar-refractivity contribution in [1.29, 1.82) is 0 Å². The van der Waals surface area contributed by atoms with Gasteiger partial charge in [0.25, 0.3) is 5.91 Å². The van der Waals surface area contributed by atoms with E-state index in [4.69, 9.17) is 0 Å². The van der Waals surface area contributed by atoms with Gasteiger partial charge in [-0.3, -0.25) is 4.79 Å². The molecule has 0 bridgehead atoms. The van der Waals surface area contributed by atoms with Crippen molar-refractivity contribution >= 4 is 37.5 Å². The second-order valence-corrected chi connectivity index (χ2v) is 10.2. The number of sulfonamides is 2. The third kappa shape index (κ3) is 9.12. The number of anilines is 1. The number of benzene rings is 2. The molecule has 10 nitrogen and oxygen atoms in total. The van der Waals surface area contributed by atoms with Gasteiger partial charge < -0.3 is 15.5 Å². The van der Waals surface area contributed by atoms with Gasteiger partial charge in [-0.25, -0.2) is 4.72 Å². The number of hydrogen-bond donors (Lipinski definition) is 2. The van der Waals surface area contributed by atoms with Crippen LogP contribution >= 0.6 is 0 Å². The summed E-state index contributed by atoms with van der Waals surface area (Å²) in [5.41, 5.74) is -9.40. The Morgan fingerprint density at radius 3 is 1.81 bits per heavy atom. The predicted molar refractivity (Wildman–Crippen MR) is 115 cm³/mol. The second-order valence-electron chi connectivity index (χ2n) is 6.93. The quantitative estimate of drug-likeness (QED) is 0.297. The Labute approximate surface area is 206 Å². The van der Waals surface area contributed by atoms with E-state index in [2.05, 4.69) is 9.71 Å². The topological polar surface area (TPSA) is 168 Å². The number of carbonyl (C=O) groups excluding carboxylic acids is 1. The zero-order chi connectivity index (χ0) is 28.8. The average Bonchev–Trinajstić information content (AvgIpc) is 2.72. The maximum atomic E-state index is 12.0. The Morgan fingerprint density at radius 1 is 0.892 bits per heavy atom. The molecular formula is C19H17F6N3O7S2-2. The lowest BCUT2D eigenvalue weighted by atomic mass is 10.1. The van der Waals surface area contributed by atoms with Crippen LogP contribution in [0, 0.1) is 13.8 Å². The summed E-state index contributed by atoms with van der Waals surface area (Å²) in [6.45, 7) is 2.84. The highest BCUT2D eigenvalue weighted by atomic mass is 32.2. The van der Waals surface area contributed by atoms with Gasteiger partial charge in [-0.15, -0.1) is 5.75 Å². The third-order valence-electron chi connectivity index (χ3n) is 4.06. The van der Waals surface area contributed by atoms with Gasteiger partial charge in [0.05, 0.1) is 0 Å². The van der Waals surface area contributed by atoms with Crippen molar-refractivity contribution in [2.45, 2.75) is 24.9 Å². The molecular weight excluding hydrogens is 560 g/mol. The first-order valence-corrected chi connectivity index (χ1v) is 12.4. The molecule has 0 spiro atoms. The number of hydrogen-bond acceptors (Lipinski definition) is 8. The number of amides is 1. The summed E-state index contributed by atoms with van der Waals surface area (Å²) in [6, 6.07) is 8.94. The number of carbonyl (C=O) groups is 1. The van der Waals surface area contributed by atoms with Gasteiger partial charge in [-0.2, -0.15) is 47.6 Å². The molecule has 2 rings (SSSR count). The fourth-order valence-corrected chi connectivity index (χ4v) is 3.23. The van der Waals surface area contributed by atoms with Gasteiger partial charge in [0.2, 0.25) is 0 Å². The number of para-hydroxylation sites is 1. The first-order chi connectivity index (χ1) is 16.7. The molecule has 0 saturated carbocycles. The van der Waals surface area contributed by atoms with Gasteiger partial charge in [0.1, 0.15) is 0 Å². The molecule has 0 saturated heterocycles. The maximum Gasteiger partial charge on any atom is 0.518 e. The van der Waals surface area contributed by atoms with Gasteiger partial charge in [0.15, 0.2) is 0 Å². The standard InChI is InChI=1S/C11H13F3N2O3S.C8H6F3NO4S/c1-7-4-3-5-8(2)10(7)15-6-9(17)16-20(18,19)11(12,13)14;9-8(10,11)17(15,16)12-7(14)5-1-3-6(13)4-2-5/h3-5,15H,6H2,1-2H3,(H,16,17);1-4,13H,(H,12,14)/p-2. The van der Waals surface area contributed by atoms with Crippen LogP contribution in [0.2, 0.25) is 0 Å². The van der Waals surface area contributed by atoms with Crippen LogP contribution in [0.1, 0.15) is 21.5 Å². The smallest absolute Gasteiger partial charge is 0.518 e. The summed E-state index contributed by atoms with van der Waals surface area (Å²) in [6.07, 6.45) is 0. The van der Waals surface area contributed by atoms with Crippen LogP contribution in [0.15, 0.2) is 46.9 Å². The van der Waals surface area contributed by atoms with E-state index in [0.29, 0.717) is 5.69 Å². The van der Waals surface area contributed by atoms with Gasteiger partial charge in [-0.05, 0) is 30.9 Å². The lowest BCUT2D eigenvalue weighted by Gasteiger charge is -2.16. The van der Waals surface area contributed by atoms with Crippen LogP contribution in [0.4, 0.5) is 32.0 Å². The minimum Gasteiger partial charge on any atom is -0.872 e. The normalized spacial score (nSPS) is 12.8. The van der Waals surface area contributed by atoms with Crippen molar-refractivity contribution in [2.75, 3.05) is 11.9 Å². The fourth-order valence-electron chi connectivity index (χ4n) is 2.32. The lowest BCUT2D eigenvalue weighted by molar-refractivity contribution is -0.268. The molecule has 2 aromatic carbocycles. The predicted octanol–water partition coefficient (Wildman–Crippen LogP) is 1.66. The number of alkyl halides is 6. The molecule has 0 atom stereocenters. The number of aryl methyl sites for hydroxylation is 2. The third-order valence-corrected chi connectivity index (χ3v) is 6.15. The fraction of sp³-hybridized carbons (Fsp3) is 0.263. The zero-order valence-electron chi connectivity index (χ0n) is 18.6. The van der Waals surface area contributed by atoms with Crippen LogP contribution < -0.4 is 20.3 Å². The van der Waals surface area contributed by atoms with Gasteiger partial charge in [0, 0.05) is 17.8 Å². The van der Waals surface area contributed by atoms with Crippen molar-refractivity contribution in [3.63, 3.8) is 0 Å². The SMILES string of the molecule is Cc1cccc(C)c1NCC([O-])=NS(=O)(=O)C(F)(F)F.O=C(NS(=O)(=O)C(F)(F)F)c1ccc([O-])cc1. The van der Waals surface area contributed by atoms with Crippen molar-refractivity contribution in [3.05, 3.63) is 59.2 Å². The van der Waals surface area contributed by atoms with Crippen LogP contribution in [0.5, 0.6) is 5.75 Å². The number of rotatable bonds is 6. The molecule has 206 valence electrons. The molecule has 2 aromatic rings. The monoisotopic (exact) mass is 577 g/mol. The molecule has 1 amide bonds. The van der Waals surface area contributed by atoms with E-state index in [1.54, 1.807) is 32.0 Å². The van der Waals surface area contributed by atoms with Crippen LogP contribution in [0.3, 0.4) is 0 Å².